The Kier molecular flexibility index (Phi) is 12.2. The quantitative estimate of drug-likeness (QED) is 0.165. The Morgan fingerprint density at radius 2 is 0.682 bits per heavy atom. The summed E-state index contributed by atoms with van der Waals surface area (Å²) in [4.78, 5) is 0. The molecule has 0 bridgehead atoms. The first-order valence-electron chi connectivity index (χ1n) is 16.5. The lowest BCUT2D eigenvalue weighted by Crippen LogP contribution is -2.43. The number of para-hydroxylation sites is 2. The van der Waals surface area contributed by atoms with Crippen LogP contribution in [0.1, 0.15) is 83.1 Å². The van der Waals surface area contributed by atoms with Crippen LogP contribution in [-0.4, -0.2) is 16.1 Å². The molecule has 0 spiro atoms. The van der Waals surface area contributed by atoms with Crippen LogP contribution in [0.2, 0.25) is 33.2 Å². The van der Waals surface area contributed by atoms with Crippen molar-refractivity contribution >= 4 is 16.1 Å². The molecular formula is C40H54O2Si2. The van der Waals surface area contributed by atoms with Gasteiger partial charge in [0.25, 0.3) is 0 Å². The van der Waals surface area contributed by atoms with Gasteiger partial charge in [-0.2, -0.15) is 0 Å². The molecule has 44 heavy (non-hydrogen) atoms. The molecule has 0 N–H and O–H groups in total. The minimum absolute atomic E-state index is 0.560. The van der Waals surface area contributed by atoms with E-state index in [4.69, 9.17) is 9.47 Å². The molecule has 0 heterocycles. The number of ether oxygens (including phenoxy) is 2. The van der Waals surface area contributed by atoms with Gasteiger partial charge in [-0.05, 0) is 56.5 Å². The van der Waals surface area contributed by atoms with Gasteiger partial charge in [-0.15, -0.1) is 0 Å². The molecule has 0 aliphatic carbocycles. The predicted octanol–water partition coefficient (Wildman–Crippen LogP) is 12.1. The monoisotopic (exact) mass is 622 g/mol. The Bertz CT molecular complexity index is 1330. The topological polar surface area (TPSA) is 18.5 Å². The molecule has 0 atom stereocenters. The zero-order valence-electron chi connectivity index (χ0n) is 29.2. The largest absolute Gasteiger partial charge is 0.408 e. The highest BCUT2D eigenvalue weighted by molar-refractivity contribution is 6.91. The molecule has 0 saturated heterocycles. The van der Waals surface area contributed by atoms with Crippen molar-refractivity contribution in [3.05, 3.63) is 72.8 Å². The second-order valence-electron chi connectivity index (χ2n) is 14.0. The molecule has 0 aliphatic rings. The maximum absolute atomic E-state index is 6.20. The molecule has 0 saturated carbocycles. The van der Waals surface area contributed by atoms with Crippen LogP contribution < -0.4 is 9.47 Å². The lowest BCUT2D eigenvalue weighted by molar-refractivity contribution is 0.521. The fourth-order valence-corrected chi connectivity index (χ4v) is 17.8. The average Bonchev–Trinajstić information content (AvgIpc) is 2.97. The number of rotatable bonds is 10. The third-order valence-corrected chi connectivity index (χ3v) is 22.4. The minimum atomic E-state index is -1.87. The number of hydrogen-bond acceptors (Lipinski definition) is 2. The van der Waals surface area contributed by atoms with Crippen LogP contribution in [-0.2, 0) is 0 Å². The molecule has 2 nitrogen and oxygen atoms in total. The summed E-state index contributed by atoms with van der Waals surface area (Å²) in [5, 5.41) is 0. The molecule has 0 aliphatic heterocycles. The summed E-state index contributed by atoms with van der Waals surface area (Å²) < 4.78 is 12.4. The Morgan fingerprint density at radius 1 is 0.409 bits per heavy atom. The van der Waals surface area contributed by atoms with E-state index in [9.17, 15) is 0 Å². The van der Waals surface area contributed by atoms with Crippen LogP contribution in [0, 0.1) is 23.3 Å². The second-order valence-corrected chi connectivity index (χ2v) is 25.2. The Balaban J connectivity index is 1.91. The Hall–Kier alpha value is -3.19. The number of benzene rings is 3. The van der Waals surface area contributed by atoms with Crippen LogP contribution in [0.15, 0.2) is 72.8 Å². The maximum Gasteiger partial charge on any atom is 0.150 e. The van der Waals surface area contributed by atoms with Gasteiger partial charge in [0.1, 0.15) is 23.7 Å². The molecule has 0 radical (unpaired) electrons. The average molecular weight is 623 g/mol. The molecule has 3 aromatic carbocycles. The van der Waals surface area contributed by atoms with Crippen molar-refractivity contribution in [3.8, 4) is 57.1 Å². The lowest BCUT2D eigenvalue weighted by Gasteiger charge is -2.37. The van der Waals surface area contributed by atoms with Gasteiger partial charge in [-0.1, -0.05) is 155 Å². The van der Waals surface area contributed by atoms with Crippen LogP contribution in [0.25, 0.3) is 22.3 Å². The molecule has 234 valence electrons. The summed E-state index contributed by atoms with van der Waals surface area (Å²) in [5.74, 6) is 1.58. The van der Waals surface area contributed by atoms with Crippen molar-refractivity contribution in [3.63, 3.8) is 0 Å². The smallest absolute Gasteiger partial charge is 0.150 e. The van der Waals surface area contributed by atoms with E-state index in [1.165, 1.54) is 0 Å². The third kappa shape index (κ3) is 7.36. The van der Waals surface area contributed by atoms with Gasteiger partial charge in [-0.3, -0.25) is 0 Å². The normalized spacial score (nSPS) is 12.0. The molecule has 3 rings (SSSR count). The summed E-state index contributed by atoms with van der Waals surface area (Å²) in [5.41, 5.74) is 15.0. The van der Waals surface area contributed by atoms with Crippen molar-refractivity contribution < 1.29 is 9.47 Å². The SMILES string of the molecule is CC(C)[Si](C#COc1ccccc1-c1ccc(-c2ccccc2OC#C[Si](C(C)C)(C(C)C)C(C)C)cc1)(C(C)C)C(C)C. The van der Waals surface area contributed by atoms with Gasteiger partial charge >= 0.3 is 0 Å². The second kappa shape index (κ2) is 15.2. The van der Waals surface area contributed by atoms with Gasteiger partial charge in [0.05, 0.1) is 0 Å². The molecule has 0 fully saturated rings. The highest BCUT2D eigenvalue weighted by Crippen LogP contribution is 2.42. The zero-order valence-corrected chi connectivity index (χ0v) is 31.2. The van der Waals surface area contributed by atoms with Crippen LogP contribution in [0.5, 0.6) is 11.5 Å². The highest BCUT2D eigenvalue weighted by atomic mass is 28.3. The van der Waals surface area contributed by atoms with Crippen molar-refractivity contribution in [2.45, 2.75) is 116 Å². The first-order valence-corrected chi connectivity index (χ1v) is 20.9. The van der Waals surface area contributed by atoms with Crippen molar-refractivity contribution in [1.82, 2.24) is 0 Å². The van der Waals surface area contributed by atoms with E-state index in [0.29, 0.717) is 33.2 Å². The van der Waals surface area contributed by atoms with Gasteiger partial charge in [0.2, 0.25) is 0 Å². The van der Waals surface area contributed by atoms with Gasteiger partial charge in [0.15, 0.2) is 16.1 Å². The fourth-order valence-electron chi connectivity index (χ4n) is 7.62. The van der Waals surface area contributed by atoms with E-state index >= 15 is 0 Å². The van der Waals surface area contributed by atoms with Gasteiger partial charge < -0.3 is 9.47 Å². The molecule has 0 aromatic heterocycles. The standard InChI is InChI=1S/C40H54O2Si2/c1-29(2)43(30(3)4,31(5)6)27-25-41-39-19-15-13-17-37(39)35-21-23-36(24-22-35)38-18-14-16-20-40(38)42-26-28-44(32(7)8,33(9)10)34(11)12/h13-24,29-34H,1-12H3. The molecule has 4 heteroatoms. The van der Waals surface area contributed by atoms with Crippen LogP contribution in [0.4, 0.5) is 0 Å². The Labute approximate surface area is 271 Å². The molecule has 3 aromatic rings. The van der Waals surface area contributed by atoms with Crippen molar-refractivity contribution in [1.29, 1.82) is 0 Å². The predicted molar refractivity (Wildman–Crippen MR) is 196 cm³/mol. The van der Waals surface area contributed by atoms with Gasteiger partial charge in [-0.25, -0.2) is 0 Å². The van der Waals surface area contributed by atoms with Crippen LogP contribution in [0.3, 0.4) is 0 Å². The lowest BCUT2D eigenvalue weighted by atomic mass is 9.99. The summed E-state index contributed by atoms with van der Waals surface area (Å²) >= 11 is 0. The highest BCUT2D eigenvalue weighted by Gasteiger charge is 2.43. The third-order valence-electron chi connectivity index (χ3n) is 9.87. The molecule has 0 unspecified atom stereocenters. The maximum atomic E-state index is 6.20. The summed E-state index contributed by atoms with van der Waals surface area (Å²) in [6, 6.07) is 25.0. The first-order chi connectivity index (χ1) is 20.8. The Morgan fingerprint density at radius 3 is 0.955 bits per heavy atom. The summed E-state index contributed by atoms with van der Waals surface area (Å²) in [6.07, 6.45) is 6.35. The van der Waals surface area contributed by atoms with E-state index in [1.807, 2.05) is 24.3 Å². The molecule has 0 amide bonds. The molecular weight excluding hydrogens is 569 g/mol. The van der Waals surface area contributed by atoms with Crippen LogP contribution >= 0.6 is 0 Å². The van der Waals surface area contributed by atoms with E-state index in [0.717, 1.165) is 33.8 Å². The zero-order chi connectivity index (χ0) is 32.7. The van der Waals surface area contributed by atoms with E-state index in [2.05, 4.69) is 155 Å². The van der Waals surface area contributed by atoms with E-state index in [-0.39, 0.29) is 0 Å². The number of hydrogen-bond donors (Lipinski definition) is 0. The van der Waals surface area contributed by atoms with Gasteiger partial charge in [0, 0.05) is 11.1 Å². The first kappa shape index (κ1) is 35.3. The minimum Gasteiger partial charge on any atom is -0.408 e. The van der Waals surface area contributed by atoms with Crippen molar-refractivity contribution in [2.75, 3.05) is 0 Å². The summed E-state index contributed by atoms with van der Waals surface area (Å²) in [7, 11) is -3.74. The fraction of sp³-hybridized carbons (Fsp3) is 0.450. The summed E-state index contributed by atoms with van der Waals surface area (Å²) in [6.45, 7) is 27.9. The van der Waals surface area contributed by atoms with Crippen molar-refractivity contribution in [2.24, 2.45) is 0 Å². The van der Waals surface area contributed by atoms with E-state index in [1.54, 1.807) is 0 Å². The van der Waals surface area contributed by atoms with E-state index < -0.39 is 16.1 Å².